The summed E-state index contributed by atoms with van der Waals surface area (Å²) < 4.78 is 5.08. The largest absolute Gasteiger partial charge is 0.457 e. The number of esters is 1. The zero-order valence-corrected chi connectivity index (χ0v) is 9.37. The summed E-state index contributed by atoms with van der Waals surface area (Å²) in [6, 6.07) is 0. The van der Waals surface area contributed by atoms with E-state index in [2.05, 4.69) is 5.32 Å². The predicted molar refractivity (Wildman–Crippen MR) is 56.1 cm³/mol. The van der Waals surface area contributed by atoms with Crippen LogP contribution in [0.4, 0.5) is 0 Å². The van der Waals surface area contributed by atoms with E-state index in [1.165, 1.54) is 6.08 Å². The first kappa shape index (κ1) is 11.8. The van der Waals surface area contributed by atoms with Crippen LogP contribution in [0.2, 0.25) is 0 Å². The molecule has 0 bridgehead atoms. The van der Waals surface area contributed by atoms with Crippen molar-refractivity contribution in [2.24, 2.45) is 5.92 Å². The molecule has 0 spiro atoms. The van der Waals surface area contributed by atoms with Crippen LogP contribution in [0.1, 0.15) is 27.2 Å². The Morgan fingerprint density at radius 1 is 1.53 bits per heavy atom. The van der Waals surface area contributed by atoms with Gasteiger partial charge in [-0.3, -0.25) is 4.79 Å². The quantitative estimate of drug-likeness (QED) is 0.548. The SMILES string of the molecule is CC(C)(C)OC(=O)C=CC1CCNC1=O. The lowest BCUT2D eigenvalue weighted by Gasteiger charge is -2.18. The normalized spacial score (nSPS) is 21.8. The Labute approximate surface area is 89.7 Å². The maximum Gasteiger partial charge on any atom is 0.330 e. The Balaban J connectivity index is 2.44. The van der Waals surface area contributed by atoms with Gasteiger partial charge in [-0.05, 0) is 27.2 Å². The first-order valence-corrected chi connectivity index (χ1v) is 5.07. The van der Waals surface area contributed by atoms with Gasteiger partial charge < -0.3 is 10.1 Å². The van der Waals surface area contributed by atoms with Crippen molar-refractivity contribution in [2.75, 3.05) is 6.54 Å². The van der Waals surface area contributed by atoms with E-state index >= 15 is 0 Å². The molecule has 0 saturated carbocycles. The van der Waals surface area contributed by atoms with E-state index in [1.807, 2.05) is 0 Å². The summed E-state index contributed by atoms with van der Waals surface area (Å²) in [5, 5.41) is 2.70. The molecule has 0 aromatic carbocycles. The third-order valence-electron chi connectivity index (χ3n) is 1.96. The number of amides is 1. The molecule has 0 aromatic rings. The Bertz CT molecular complexity index is 289. The van der Waals surface area contributed by atoms with Gasteiger partial charge in [-0.25, -0.2) is 4.79 Å². The molecule has 0 aliphatic carbocycles. The molecule has 0 aromatic heterocycles. The van der Waals surface area contributed by atoms with Crippen LogP contribution in [-0.4, -0.2) is 24.0 Å². The van der Waals surface area contributed by atoms with Crippen LogP contribution < -0.4 is 5.32 Å². The molecule has 1 aliphatic heterocycles. The lowest BCUT2D eigenvalue weighted by molar-refractivity contribution is -0.148. The molecule has 84 valence electrons. The fourth-order valence-corrected chi connectivity index (χ4v) is 1.33. The third kappa shape index (κ3) is 4.14. The minimum atomic E-state index is -0.487. The van der Waals surface area contributed by atoms with E-state index in [4.69, 9.17) is 4.74 Å². The maximum absolute atomic E-state index is 11.3. The van der Waals surface area contributed by atoms with Crippen LogP contribution in [0.15, 0.2) is 12.2 Å². The lowest BCUT2D eigenvalue weighted by atomic mass is 10.1. The van der Waals surface area contributed by atoms with Crippen molar-refractivity contribution in [3.63, 3.8) is 0 Å². The number of rotatable bonds is 2. The first-order valence-electron chi connectivity index (χ1n) is 5.07. The minimum Gasteiger partial charge on any atom is -0.457 e. The second-order valence-corrected chi connectivity index (χ2v) is 4.58. The molecule has 1 fully saturated rings. The number of nitrogens with one attached hydrogen (secondary N) is 1. The van der Waals surface area contributed by atoms with Crippen molar-refractivity contribution >= 4 is 11.9 Å². The van der Waals surface area contributed by atoms with Crippen LogP contribution in [-0.2, 0) is 14.3 Å². The average molecular weight is 211 g/mol. The molecular formula is C11H17NO3. The molecule has 1 unspecified atom stereocenters. The smallest absolute Gasteiger partial charge is 0.330 e. The van der Waals surface area contributed by atoms with Crippen LogP contribution in [0, 0.1) is 5.92 Å². The molecule has 1 N–H and O–H groups in total. The van der Waals surface area contributed by atoms with Gasteiger partial charge in [-0.2, -0.15) is 0 Å². The van der Waals surface area contributed by atoms with Gasteiger partial charge in [0.25, 0.3) is 0 Å². The summed E-state index contributed by atoms with van der Waals surface area (Å²) in [5.41, 5.74) is -0.487. The van der Waals surface area contributed by atoms with Crippen molar-refractivity contribution in [3.05, 3.63) is 12.2 Å². The van der Waals surface area contributed by atoms with Crippen LogP contribution in [0.3, 0.4) is 0 Å². The molecule has 0 radical (unpaired) electrons. The monoisotopic (exact) mass is 211 g/mol. The summed E-state index contributed by atoms with van der Waals surface area (Å²) in [7, 11) is 0. The van der Waals surface area contributed by atoms with Gasteiger partial charge in [0.2, 0.25) is 5.91 Å². The van der Waals surface area contributed by atoms with Gasteiger partial charge in [0.1, 0.15) is 5.60 Å². The zero-order chi connectivity index (χ0) is 11.5. The second-order valence-electron chi connectivity index (χ2n) is 4.58. The Kier molecular flexibility index (Phi) is 3.50. The van der Waals surface area contributed by atoms with Gasteiger partial charge in [0.15, 0.2) is 0 Å². The highest BCUT2D eigenvalue weighted by molar-refractivity contribution is 5.86. The Morgan fingerprint density at radius 2 is 2.20 bits per heavy atom. The topological polar surface area (TPSA) is 55.4 Å². The van der Waals surface area contributed by atoms with Crippen LogP contribution >= 0.6 is 0 Å². The number of carbonyl (C=O) groups is 2. The van der Waals surface area contributed by atoms with Gasteiger partial charge in [0, 0.05) is 12.6 Å². The van der Waals surface area contributed by atoms with Gasteiger partial charge in [0.05, 0.1) is 5.92 Å². The molecule has 1 rings (SSSR count). The predicted octanol–water partition coefficient (Wildman–Crippen LogP) is 1.02. The van der Waals surface area contributed by atoms with Crippen molar-refractivity contribution in [3.8, 4) is 0 Å². The summed E-state index contributed by atoms with van der Waals surface area (Å²) in [4.78, 5) is 22.4. The highest BCUT2D eigenvalue weighted by Crippen LogP contribution is 2.12. The molecule has 15 heavy (non-hydrogen) atoms. The summed E-state index contributed by atoms with van der Waals surface area (Å²) in [5.74, 6) is -0.602. The summed E-state index contributed by atoms with van der Waals surface area (Å²) >= 11 is 0. The van der Waals surface area contributed by atoms with Crippen LogP contribution in [0.5, 0.6) is 0 Å². The fraction of sp³-hybridized carbons (Fsp3) is 0.636. The standard InChI is InChI=1S/C11H17NO3/c1-11(2,3)15-9(13)5-4-8-6-7-12-10(8)14/h4-5,8H,6-7H2,1-3H3,(H,12,14). The van der Waals surface area contributed by atoms with Gasteiger partial charge in [-0.15, -0.1) is 0 Å². The van der Waals surface area contributed by atoms with Crippen molar-refractivity contribution in [2.45, 2.75) is 32.8 Å². The second kappa shape index (κ2) is 4.47. The highest BCUT2D eigenvalue weighted by atomic mass is 16.6. The molecule has 1 aliphatic rings. The fourth-order valence-electron chi connectivity index (χ4n) is 1.33. The summed E-state index contributed by atoms with van der Waals surface area (Å²) in [6.45, 7) is 6.10. The lowest BCUT2D eigenvalue weighted by Crippen LogP contribution is -2.23. The molecule has 1 saturated heterocycles. The molecule has 1 heterocycles. The van der Waals surface area contributed by atoms with Gasteiger partial charge in [-0.1, -0.05) is 6.08 Å². The average Bonchev–Trinajstić information content (AvgIpc) is 2.44. The van der Waals surface area contributed by atoms with Crippen molar-refractivity contribution in [1.82, 2.24) is 5.32 Å². The van der Waals surface area contributed by atoms with E-state index in [0.717, 1.165) is 6.42 Å². The highest BCUT2D eigenvalue weighted by Gasteiger charge is 2.21. The number of carbonyl (C=O) groups excluding carboxylic acids is 2. The number of hydrogen-bond donors (Lipinski definition) is 1. The van der Waals surface area contributed by atoms with E-state index < -0.39 is 11.6 Å². The molecule has 4 heteroatoms. The number of ether oxygens (including phenoxy) is 1. The van der Waals surface area contributed by atoms with Gasteiger partial charge >= 0.3 is 5.97 Å². The molecule has 4 nitrogen and oxygen atoms in total. The third-order valence-corrected chi connectivity index (χ3v) is 1.96. The molecule has 1 atom stereocenters. The summed E-state index contributed by atoms with van der Waals surface area (Å²) in [6.07, 6.45) is 3.69. The van der Waals surface area contributed by atoms with Crippen LogP contribution in [0.25, 0.3) is 0 Å². The maximum atomic E-state index is 11.3. The molecular weight excluding hydrogens is 194 g/mol. The van der Waals surface area contributed by atoms with E-state index in [1.54, 1.807) is 26.8 Å². The Hall–Kier alpha value is -1.32. The zero-order valence-electron chi connectivity index (χ0n) is 9.37. The number of hydrogen-bond acceptors (Lipinski definition) is 3. The van der Waals surface area contributed by atoms with E-state index in [0.29, 0.717) is 6.54 Å². The van der Waals surface area contributed by atoms with E-state index in [-0.39, 0.29) is 11.8 Å². The Morgan fingerprint density at radius 3 is 2.67 bits per heavy atom. The molecule has 1 amide bonds. The van der Waals surface area contributed by atoms with E-state index in [9.17, 15) is 9.59 Å². The van der Waals surface area contributed by atoms with Crippen molar-refractivity contribution in [1.29, 1.82) is 0 Å². The first-order chi connectivity index (χ1) is 6.88. The van der Waals surface area contributed by atoms with Crippen molar-refractivity contribution < 1.29 is 14.3 Å². The minimum absolute atomic E-state index is 0.0187.